The first-order valence-corrected chi connectivity index (χ1v) is 5.36. The molecule has 2 aliphatic heterocycles. The number of rotatable bonds is 1. The highest BCUT2D eigenvalue weighted by Crippen LogP contribution is 2.28. The lowest BCUT2D eigenvalue weighted by atomic mass is 10.1. The molecule has 0 aliphatic carbocycles. The zero-order valence-corrected chi connectivity index (χ0v) is 9.76. The van der Waals surface area contributed by atoms with E-state index < -0.39 is 0 Å². The highest BCUT2D eigenvalue weighted by molar-refractivity contribution is 5.85. The summed E-state index contributed by atoms with van der Waals surface area (Å²) in [6.07, 6.45) is 2.40. The number of nitrogens with zero attached hydrogens (tertiary/aromatic N) is 1. The summed E-state index contributed by atoms with van der Waals surface area (Å²) >= 11 is 0. The van der Waals surface area contributed by atoms with Crippen LogP contribution in [-0.2, 0) is 0 Å². The Bertz CT molecular complexity index is 181. The summed E-state index contributed by atoms with van der Waals surface area (Å²) in [7, 11) is 0. The summed E-state index contributed by atoms with van der Waals surface area (Å²) in [5.74, 6) is 0. The summed E-state index contributed by atoms with van der Waals surface area (Å²) in [5.41, 5.74) is 0. The van der Waals surface area contributed by atoms with Gasteiger partial charge in [-0.25, -0.2) is 0 Å². The number of hydrogen-bond acceptors (Lipinski definition) is 3. The molecule has 0 amide bonds. The third-order valence-electron chi connectivity index (χ3n) is 3.55. The maximum Gasteiger partial charge on any atom is 0.0832 e. The Labute approximate surface area is 92.3 Å². The third-order valence-corrected chi connectivity index (χ3v) is 3.55. The fourth-order valence-electron chi connectivity index (χ4n) is 2.82. The van der Waals surface area contributed by atoms with Gasteiger partial charge in [-0.3, -0.25) is 4.90 Å². The van der Waals surface area contributed by atoms with Gasteiger partial charge >= 0.3 is 0 Å². The summed E-state index contributed by atoms with van der Waals surface area (Å²) in [5, 5.41) is 13.0. The number of aliphatic hydroxyl groups excluding tert-OH is 1. The van der Waals surface area contributed by atoms with Crippen LogP contribution in [0.4, 0.5) is 0 Å². The van der Waals surface area contributed by atoms with Gasteiger partial charge in [-0.1, -0.05) is 0 Å². The SMILES string of the molecule is CC1CCC(C)N1[C@@H]1CNC[C@H]1O.Cl. The molecule has 4 atom stereocenters. The molecule has 0 aromatic heterocycles. The molecule has 0 bridgehead atoms. The van der Waals surface area contributed by atoms with Crippen LogP contribution in [0, 0.1) is 0 Å². The van der Waals surface area contributed by atoms with Crippen LogP contribution in [0.25, 0.3) is 0 Å². The van der Waals surface area contributed by atoms with Crippen LogP contribution >= 0.6 is 12.4 Å². The van der Waals surface area contributed by atoms with Crippen LogP contribution < -0.4 is 5.32 Å². The number of aliphatic hydroxyl groups is 1. The van der Waals surface area contributed by atoms with E-state index >= 15 is 0 Å². The molecule has 2 rings (SSSR count). The van der Waals surface area contributed by atoms with Crippen LogP contribution in [0.3, 0.4) is 0 Å². The van der Waals surface area contributed by atoms with E-state index in [0.29, 0.717) is 18.1 Å². The molecule has 0 spiro atoms. The summed E-state index contributed by atoms with van der Waals surface area (Å²) in [6, 6.07) is 1.65. The molecule has 3 nitrogen and oxygen atoms in total. The predicted octanol–water partition coefficient (Wildman–Crippen LogP) is 0.614. The highest BCUT2D eigenvalue weighted by Gasteiger charge is 2.38. The van der Waals surface area contributed by atoms with E-state index in [2.05, 4.69) is 24.1 Å². The Morgan fingerprint density at radius 2 is 1.71 bits per heavy atom. The first-order valence-electron chi connectivity index (χ1n) is 5.36. The van der Waals surface area contributed by atoms with E-state index in [1.165, 1.54) is 12.8 Å². The number of hydrogen-bond donors (Lipinski definition) is 2. The monoisotopic (exact) mass is 220 g/mol. The van der Waals surface area contributed by atoms with Crippen LogP contribution in [-0.4, -0.2) is 47.3 Å². The topological polar surface area (TPSA) is 35.5 Å². The maximum atomic E-state index is 9.78. The largest absolute Gasteiger partial charge is 0.390 e. The fourth-order valence-corrected chi connectivity index (χ4v) is 2.82. The predicted molar refractivity (Wildman–Crippen MR) is 59.9 cm³/mol. The van der Waals surface area contributed by atoms with Crippen molar-refractivity contribution in [3.05, 3.63) is 0 Å². The van der Waals surface area contributed by atoms with Crippen molar-refractivity contribution < 1.29 is 5.11 Å². The molecule has 2 aliphatic rings. The maximum absolute atomic E-state index is 9.78. The van der Waals surface area contributed by atoms with Crippen molar-refractivity contribution in [2.75, 3.05) is 13.1 Å². The van der Waals surface area contributed by atoms with Crippen molar-refractivity contribution in [1.82, 2.24) is 10.2 Å². The van der Waals surface area contributed by atoms with Crippen LogP contribution in [0.2, 0.25) is 0 Å². The number of halogens is 1. The van der Waals surface area contributed by atoms with Gasteiger partial charge in [-0.05, 0) is 26.7 Å². The molecule has 2 heterocycles. The van der Waals surface area contributed by atoms with Crippen molar-refractivity contribution in [3.8, 4) is 0 Å². The normalized spacial score (nSPS) is 43.9. The van der Waals surface area contributed by atoms with Gasteiger partial charge in [0.2, 0.25) is 0 Å². The minimum absolute atomic E-state index is 0. The van der Waals surface area contributed by atoms with Crippen LogP contribution in [0.15, 0.2) is 0 Å². The van der Waals surface area contributed by atoms with E-state index in [1.54, 1.807) is 0 Å². The highest BCUT2D eigenvalue weighted by atomic mass is 35.5. The molecule has 14 heavy (non-hydrogen) atoms. The average molecular weight is 221 g/mol. The molecule has 0 radical (unpaired) electrons. The first-order chi connectivity index (χ1) is 6.20. The third kappa shape index (κ3) is 2.06. The molecule has 2 fully saturated rings. The standard InChI is InChI=1S/C10H20N2O.ClH/c1-7-3-4-8(2)12(7)9-5-11-6-10(9)13;/h7-11,13H,3-6H2,1-2H3;1H/t7?,8?,9-,10-;/m1./s1. The van der Waals surface area contributed by atoms with E-state index in [1.807, 2.05) is 0 Å². The van der Waals surface area contributed by atoms with Crippen LogP contribution in [0.5, 0.6) is 0 Å². The van der Waals surface area contributed by atoms with Gasteiger partial charge < -0.3 is 10.4 Å². The zero-order valence-electron chi connectivity index (χ0n) is 8.94. The molecule has 0 saturated carbocycles. The second kappa shape index (κ2) is 4.79. The Balaban J connectivity index is 0.000000980. The molecule has 84 valence electrons. The molecule has 2 saturated heterocycles. The lowest BCUT2D eigenvalue weighted by molar-refractivity contribution is 0.0583. The van der Waals surface area contributed by atoms with Crippen molar-refractivity contribution in [2.45, 2.75) is 50.9 Å². The minimum Gasteiger partial charge on any atom is -0.390 e. The van der Waals surface area contributed by atoms with Crippen molar-refractivity contribution >= 4 is 12.4 Å². The van der Waals surface area contributed by atoms with Gasteiger partial charge in [0.05, 0.1) is 6.10 Å². The molecular formula is C10H21ClN2O. The quantitative estimate of drug-likeness (QED) is 0.680. The minimum atomic E-state index is -0.164. The van der Waals surface area contributed by atoms with E-state index in [0.717, 1.165) is 13.1 Å². The molecular weight excluding hydrogens is 200 g/mol. The smallest absolute Gasteiger partial charge is 0.0832 e. The fraction of sp³-hybridized carbons (Fsp3) is 1.00. The van der Waals surface area contributed by atoms with Gasteiger partial charge in [0.1, 0.15) is 0 Å². The Morgan fingerprint density at radius 3 is 2.14 bits per heavy atom. The molecule has 2 unspecified atom stereocenters. The number of nitrogens with one attached hydrogen (secondary N) is 1. The number of likely N-dealkylation sites (tertiary alicyclic amines) is 1. The van der Waals surface area contributed by atoms with Gasteiger partial charge in [0.15, 0.2) is 0 Å². The summed E-state index contributed by atoms with van der Waals surface area (Å²) in [6.45, 7) is 6.26. The van der Waals surface area contributed by atoms with Crippen molar-refractivity contribution in [1.29, 1.82) is 0 Å². The second-order valence-corrected chi connectivity index (χ2v) is 4.52. The van der Waals surface area contributed by atoms with E-state index in [4.69, 9.17) is 0 Å². The average Bonchev–Trinajstić information content (AvgIpc) is 2.60. The molecule has 4 heteroatoms. The number of β-amino-alcohol motifs (C(OH)–C–C–N with tert-alkyl or cyclic N) is 1. The van der Waals surface area contributed by atoms with Gasteiger partial charge in [-0.15, -0.1) is 12.4 Å². The van der Waals surface area contributed by atoms with E-state index in [-0.39, 0.29) is 18.5 Å². The lowest BCUT2D eigenvalue weighted by Gasteiger charge is -2.33. The van der Waals surface area contributed by atoms with Crippen molar-refractivity contribution in [2.24, 2.45) is 0 Å². The van der Waals surface area contributed by atoms with Crippen molar-refractivity contribution in [3.63, 3.8) is 0 Å². The summed E-state index contributed by atoms with van der Waals surface area (Å²) < 4.78 is 0. The van der Waals surface area contributed by atoms with Crippen LogP contribution in [0.1, 0.15) is 26.7 Å². The Kier molecular flexibility index (Phi) is 4.19. The second-order valence-electron chi connectivity index (χ2n) is 4.52. The molecule has 2 N–H and O–H groups in total. The van der Waals surface area contributed by atoms with Gasteiger partial charge in [-0.2, -0.15) is 0 Å². The first kappa shape index (κ1) is 12.2. The zero-order chi connectivity index (χ0) is 9.42. The summed E-state index contributed by atoms with van der Waals surface area (Å²) in [4.78, 5) is 2.49. The lowest BCUT2D eigenvalue weighted by Crippen LogP contribution is -2.48. The van der Waals surface area contributed by atoms with Gasteiger partial charge in [0.25, 0.3) is 0 Å². The molecule has 0 aromatic carbocycles. The van der Waals surface area contributed by atoms with E-state index in [9.17, 15) is 5.11 Å². The Hall–Kier alpha value is 0.170. The van der Waals surface area contributed by atoms with Gasteiger partial charge in [0, 0.05) is 31.2 Å². The Morgan fingerprint density at radius 1 is 1.14 bits per heavy atom. The molecule has 0 aromatic rings.